The summed E-state index contributed by atoms with van der Waals surface area (Å²) in [6.45, 7) is 1.24. The summed E-state index contributed by atoms with van der Waals surface area (Å²) in [5, 5.41) is 5.63. The molecule has 0 atom stereocenters. The van der Waals surface area contributed by atoms with Crippen LogP contribution in [0.25, 0.3) is 0 Å². The van der Waals surface area contributed by atoms with Crippen LogP contribution in [0.15, 0.2) is 42.5 Å². The first-order chi connectivity index (χ1) is 12.1. The quantitative estimate of drug-likeness (QED) is 0.655. The molecular weight excluding hydrogens is 359 g/mol. The second-order valence-electron chi connectivity index (χ2n) is 5.50. The lowest BCUT2D eigenvalue weighted by molar-refractivity contribution is -0.119. The van der Waals surface area contributed by atoms with Crippen molar-refractivity contribution >= 4 is 18.3 Å². The van der Waals surface area contributed by atoms with Gasteiger partial charge in [0.05, 0.1) is 13.7 Å². The van der Waals surface area contributed by atoms with Crippen LogP contribution in [0.5, 0.6) is 11.5 Å². The Morgan fingerprint density at radius 1 is 1.12 bits per heavy atom. The van der Waals surface area contributed by atoms with E-state index in [1.807, 2.05) is 24.3 Å². The zero-order valence-corrected chi connectivity index (χ0v) is 15.7. The van der Waals surface area contributed by atoms with E-state index in [2.05, 4.69) is 10.6 Å². The van der Waals surface area contributed by atoms with Gasteiger partial charge in [-0.15, -0.1) is 12.4 Å². The standard InChI is InChI=1S/C19H23FN2O3.ClH/c1-21-19(23)12-22-9-8-14-6-7-17(18(11-14)24-2)25-13-15-4-3-5-16(20)10-15;/h3-7,10-11,22H,8-9,12-13H2,1-2H3,(H,21,23);1H. The highest BCUT2D eigenvalue weighted by molar-refractivity contribution is 5.85. The molecule has 0 heterocycles. The van der Waals surface area contributed by atoms with Crippen molar-refractivity contribution in [2.24, 2.45) is 0 Å². The molecule has 0 aliphatic rings. The fourth-order valence-corrected chi connectivity index (χ4v) is 2.30. The second-order valence-corrected chi connectivity index (χ2v) is 5.50. The number of likely N-dealkylation sites (N-methyl/N-ethyl adjacent to an activating group) is 1. The SMILES string of the molecule is CNC(=O)CNCCc1ccc(OCc2cccc(F)c2)c(OC)c1.Cl. The van der Waals surface area contributed by atoms with E-state index in [9.17, 15) is 9.18 Å². The summed E-state index contributed by atoms with van der Waals surface area (Å²) in [6.07, 6.45) is 0.761. The van der Waals surface area contributed by atoms with E-state index in [0.717, 1.165) is 17.5 Å². The third-order valence-corrected chi connectivity index (χ3v) is 3.67. The number of benzene rings is 2. The number of amides is 1. The zero-order chi connectivity index (χ0) is 18.1. The summed E-state index contributed by atoms with van der Waals surface area (Å²) in [7, 11) is 3.19. The van der Waals surface area contributed by atoms with Crippen molar-refractivity contribution in [2.75, 3.05) is 27.2 Å². The first-order valence-corrected chi connectivity index (χ1v) is 8.08. The molecular formula is C19H24ClFN2O3. The van der Waals surface area contributed by atoms with Gasteiger partial charge in [0.1, 0.15) is 12.4 Å². The Labute approximate surface area is 159 Å². The first kappa shape index (κ1) is 21.7. The van der Waals surface area contributed by atoms with Crippen molar-refractivity contribution in [1.29, 1.82) is 0 Å². The minimum absolute atomic E-state index is 0. The topological polar surface area (TPSA) is 59.6 Å². The number of halogens is 2. The second kappa shape index (κ2) is 11.3. The molecule has 0 unspecified atom stereocenters. The van der Waals surface area contributed by atoms with Crippen molar-refractivity contribution in [3.8, 4) is 11.5 Å². The Balaban J connectivity index is 0.00000338. The van der Waals surface area contributed by atoms with Crippen LogP contribution in [0.4, 0.5) is 4.39 Å². The van der Waals surface area contributed by atoms with Crippen LogP contribution in [0.1, 0.15) is 11.1 Å². The smallest absolute Gasteiger partial charge is 0.233 e. The molecule has 0 saturated heterocycles. The molecule has 0 saturated carbocycles. The largest absolute Gasteiger partial charge is 0.493 e. The van der Waals surface area contributed by atoms with Crippen molar-refractivity contribution in [3.05, 3.63) is 59.4 Å². The molecule has 7 heteroatoms. The lowest BCUT2D eigenvalue weighted by atomic mass is 10.1. The first-order valence-electron chi connectivity index (χ1n) is 8.08. The number of ether oxygens (including phenoxy) is 2. The molecule has 2 aromatic rings. The predicted octanol–water partition coefficient (Wildman–Crippen LogP) is 2.71. The predicted molar refractivity (Wildman–Crippen MR) is 102 cm³/mol. The summed E-state index contributed by atoms with van der Waals surface area (Å²) in [5.74, 6) is 0.903. The molecule has 1 amide bonds. The van der Waals surface area contributed by atoms with E-state index >= 15 is 0 Å². The fraction of sp³-hybridized carbons (Fsp3) is 0.316. The minimum Gasteiger partial charge on any atom is -0.493 e. The number of carbonyl (C=O) groups is 1. The molecule has 142 valence electrons. The number of carbonyl (C=O) groups excluding carboxylic acids is 1. The molecule has 0 bridgehead atoms. The van der Waals surface area contributed by atoms with E-state index in [-0.39, 0.29) is 30.7 Å². The highest BCUT2D eigenvalue weighted by Crippen LogP contribution is 2.29. The normalized spacial score (nSPS) is 9.96. The minimum atomic E-state index is -0.285. The Bertz CT molecular complexity index is 713. The van der Waals surface area contributed by atoms with Crippen LogP contribution in [0.2, 0.25) is 0 Å². The molecule has 2 rings (SSSR count). The monoisotopic (exact) mass is 382 g/mol. The molecule has 0 aliphatic heterocycles. The van der Waals surface area contributed by atoms with Gasteiger partial charge in [-0.25, -0.2) is 4.39 Å². The lowest BCUT2D eigenvalue weighted by Gasteiger charge is -2.12. The summed E-state index contributed by atoms with van der Waals surface area (Å²) in [4.78, 5) is 11.1. The Hall–Kier alpha value is -2.31. The van der Waals surface area contributed by atoms with Crippen LogP contribution in [0, 0.1) is 5.82 Å². The van der Waals surface area contributed by atoms with Crippen LogP contribution in [-0.4, -0.2) is 33.2 Å². The van der Waals surface area contributed by atoms with Gasteiger partial charge in [-0.1, -0.05) is 18.2 Å². The summed E-state index contributed by atoms with van der Waals surface area (Å²) >= 11 is 0. The van der Waals surface area contributed by atoms with E-state index in [4.69, 9.17) is 9.47 Å². The summed E-state index contributed by atoms with van der Waals surface area (Å²) in [5.41, 5.74) is 1.82. The highest BCUT2D eigenvalue weighted by atomic mass is 35.5. The van der Waals surface area contributed by atoms with E-state index < -0.39 is 0 Å². The van der Waals surface area contributed by atoms with Crippen LogP contribution >= 0.6 is 12.4 Å². The lowest BCUT2D eigenvalue weighted by Crippen LogP contribution is -2.32. The number of nitrogens with one attached hydrogen (secondary N) is 2. The van der Waals surface area contributed by atoms with Gasteiger partial charge in [-0.3, -0.25) is 4.79 Å². The van der Waals surface area contributed by atoms with Crippen molar-refractivity contribution in [2.45, 2.75) is 13.0 Å². The zero-order valence-electron chi connectivity index (χ0n) is 14.9. The summed E-state index contributed by atoms with van der Waals surface area (Å²) < 4.78 is 24.3. The van der Waals surface area contributed by atoms with Gasteiger partial charge in [0.25, 0.3) is 0 Å². The van der Waals surface area contributed by atoms with Gasteiger partial charge in [0, 0.05) is 7.05 Å². The molecule has 5 nitrogen and oxygen atoms in total. The highest BCUT2D eigenvalue weighted by Gasteiger charge is 2.07. The number of methoxy groups -OCH3 is 1. The van der Waals surface area contributed by atoms with Crippen LogP contribution in [-0.2, 0) is 17.8 Å². The molecule has 0 radical (unpaired) electrons. The van der Waals surface area contributed by atoms with Crippen LogP contribution < -0.4 is 20.1 Å². The fourth-order valence-electron chi connectivity index (χ4n) is 2.30. The van der Waals surface area contributed by atoms with Gasteiger partial charge >= 0.3 is 0 Å². The van der Waals surface area contributed by atoms with Gasteiger partial charge in [0.15, 0.2) is 11.5 Å². The maximum absolute atomic E-state index is 13.2. The molecule has 2 N–H and O–H groups in total. The van der Waals surface area contributed by atoms with E-state index in [1.165, 1.54) is 12.1 Å². The molecule has 0 spiro atoms. The number of hydrogen-bond donors (Lipinski definition) is 2. The van der Waals surface area contributed by atoms with Crippen molar-refractivity contribution in [1.82, 2.24) is 10.6 Å². The maximum Gasteiger partial charge on any atom is 0.233 e. The van der Waals surface area contributed by atoms with E-state index in [1.54, 1.807) is 20.2 Å². The molecule has 0 aromatic heterocycles. The van der Waals surface area contributed by atoms with E-state index in [0.29, 0.717) is 24.6 Å². The van der Waals surface area contributed by atoms with Crippen LogP contribution in [0.3, 0.4) is 0 Å². The molecule has 0 fully saturated rings. The number of rotatable bonds is 9. The summed E-state index contributed by atoms with van der Waals surface area (Å²) in [6, 6.07) is 12.0. The van der Waals surface area contributed by atoms with Crippen molar-refractivity contribution in [3.63, 3.8) is 0 Å². The Morgan fingerprint density at radius 3 is 2.62 bits per heavy atom. The molecule has 26 heavy (non-hydrogen) atoms. The molecule has 2 aromatic carbocycles. The number of hydrogen-bond acceptors (Lipinski definition) is 4. The third kappa shape index (κ3) is 6.90. The maximum atomic E-state index is 13.2. The Morgan fingerprint density at radius 2 is 1.92 bits per heavy atom. The third-order valence-electron chi connectivity index (χ3n) is 3.67. The van der Waals surface area contributed by atoms with Crippen molar-refractivity contribution < 1.29 is 18.7 Å². The Kier molecular flexibility index (Phi) is 9.47. The van der Waals surface area contributed by atoms with Gasteiger partial charge in [0.2, 0.25) is 5.91 Å². The molecule has 0 aliphatic carbocycles. The van der Waals surface area contributed by atoms with Gasteiger partial charge in [-0.2, -0.15) is 0 Å². The van der Waals surface area contributed by atoms with Gasteiger partial charge < -0.3 is 20.1 Å². The van der Waals surface area contributed by atoms with Gasteiger partial charge in [-0.05, 0) is 48.4 Å². The average molecular weight is 383 g/mol. The average Bonchev–Trinajstić information content (AvgIpc) is 2.63.